The van der Waals surface area contributed by atoms with E-state index in [1.54, 1.807) is 24.1 Å². The summed E-state index contributed by atoms with van der Waals surface area (Å²) in [6.07, 6.45) is 3.30. The van der Waals surface area contributed by atoms with Crippen LogP contribution in [0.15, 0.2) is 17.8 Å². The third-order valence-corrected chi connectivity index (χ3v) is 3.09. The number of anilines is 1. The van der Waals surface area contributed by atoms with Crippen molar-refractivity contribution < 1.29 is 4.79 Å². The number of rotatable bonds is 3. The van der Waals surface area contributed by atoms with Crippen molar-refractivity contribution in [2.75, 3.05) is 5.32 Å². The van der Waals surface area contributed by atoms with Gasteiger partial charge in [-0.25, -0.2) is 4.98 Å². The zero-order valence-electron chi connectivity index (χ0n) is 9.54. The number of thiazole rings is 1. The first-order valence-corrected chi connectivity index (χ1v) is 5.91. The molecule has 6 nitrogen and oxygen atoms in total. The molecule has 2 aromatic heterocycles. The number of carbonyl (C=O) groups is 1. The smallest absolute Gasteiger partial charge is 0.247 e. The Morgan fingerprint density at radius 1 is 1.65 bits per heavy atom. The van der Waals surface area contributed by atoms with Gasteiger partial charge in [0.25, 0.3) is 0 Å². The molecule has 0 aliphatic heterocycles. The van der Waals surface area contributed by atoms with Gasteiger partial charge in [0.1, 0.15) is 6.04 Å². The van der Waals surface area contributed by atoms with Crippen LogP contribution in [0.5, 0.6) is 0 Å². The van der Waals surface area contributed by atoms with Crippen molar-refractivity contribution in [1.29, 1.82) is 0 Å². The molecule has 0 radical (unpaired) electrons. The van der Waals surface area contributed by atoms with Crippen molar-refractivity contribution in [3.63, 3.8) is 0 Å². The Hall–Kier alpha value is -1.73. The van der Waals surface area contributed by atoms with Gasteiger partial charge in [-0.05, 0) is 6.92 Å². The van der Waals surface area contributed by atoms with Crippen molar-refractivity contribution in [2.24, 2.45) is 12.8 Å². The maximum absolute atomic E-state index is 11.8. The Balaban J connectivity index is 2.05. The molecule has 90 valence electrons. The van der Waals surface area contributed by atoms with Gasteiger partial charge in [-0.15, -0.1) is 11.3 Å². The highest BCUT2D eigenvalue weighted by molar-refractivity contribution is 7.13. The molecule has 0 aromatic carbocycles. The molecule has 2 heterocycles. The first kappa shape index (κ1) is 11.7. The predicted molar refractivity (Wildman–Crippen MR) is 65.6 cm³/mol. The highest BCUT2D eigenvalue weighted by Gasteiger charge is 2.18. The number of nitrogens with one attached hydrogen (secondary N) is 1. The Bertz CT molecular complexity index is 532. The minimum atomic E-state index is -0.729. The Kier molecular flexibility index (Phi) is 3.21. The Labute approximate surface area is 102 Å². The summed E-state index contributed by atoms with van der Waals surface area (Å²) in [5.41, 5.74) is 7.37. The van der Waals surface area contributed by atoms with Crippen LogP contribution in [0.25, 0.3) is 0 Å². The van der Waals surface area contributed by atoms with Crippen LogP contribution in [0, 0.1) is 6.92 Å². The summed E-state index contributed by atoms with van der Waals surface area (Å²) in [5.74, 6) is -0.285. The van der Waals surface area contributed by atoms with Gasteiger partial charge in [0.05, 0.1) is 11.9 Å². The van der Waals surface area contributed by atoms with E-state index in [1.165, 1.54) is 11.3 Å². The van der Waals surface area contributed by atoms with Gasteiger partial charge >= 0.3 is 0 Å². The second-order valence-corrected chi connectivity index (χ2v) is 4.57. The molecule has 7 heteroatoms. The van der Waals surface area contributed by atoms with Crippen LogP contribution in [0.1, 0.15) is 17.3 Å². The average molecular weight is 251 g/mol. The predicted octanol–water partition coefficient (Wildman–Crippen LogP) is 0.824. The second kappa shape index (κ2) is 4.64. The fraction of sp³-hybridized carbons (Fsp3) is 0.300. The molecule has 1 amide bonds. The van der Waals surface area contributed by atoms with Crippen LogP contribution in [-0.4, -0.2) is 20.7 Å². The number of carbonyl (C=O) groups excluding carboxylic acids is 1. The lowest BCUT2D eigenvalue weighted by Gasteiger charge is -2.08. The van der Waals surface area contributed by atoms with Crippen LogP contribution in [0.2, 0.25) is 0 Å². The van der Waals surface area contributed by atoms with Gasteiger partial charge in [0.15, 0.2) is 5.13 Å². The molecular weight excluding hydrogens is 238 g/mol. The molecule has 0 aliphatic carbocycles. The molecule has 0 spiro atoms. The lowest BCUT2D eigenvalue weighted by molar-refractivity contribution is -0.117. The lowest BCUT2D eigenvalue weighted by atomic mass is 10.1. The maximum Gasteiger partial charge on any atom is 0.247 e. The van der Waals surface area contributed by atoms with Gasteiger partial charge < -0.3 is 11.1 Å². The lowest BCUT2D eigenvalue weighted by Crippen LogP contribution is -2.27. The van der Waals surface area contributed by atoms with Crippen molar-refractivity contribution in [2.45, 2.75) is 13.0 Å². The maximum atomic E-state index is 11.8. The average Bonchev–Trinajstić information content (AvgIpc) is 2.87. The molecule has 1 atom stereocenters. The normalized spacial score (nSPS) is 12.4. The van der Waals surface area contributed by atoms with E-state index >= 15 is 0 Å². The van der Waals surface area contributed by atoms with E-state index < -0.39 is 6.04 Å². The van der Waals surface area contributed by atoms with Crippen molar-refractivity contribution in [3.05, 3.63) is 29.0 Å². The quantitative estimate of drug-likeness (QED) is 0.845. The number of aryl methyl sites for hydroxylation is 2. The van der Waals surface area contributed by atoms with Gasteiger partial charge in [0.2, 0.25) is 5.91 Å². The van der Waals surface area contributed by atoms with E-state index in [1.807, 2.05) is 12.3 Å². The van der Waals surface area contributed by atoms with Crippen LogP contribution in [0.4, 0.5) is 5.13 Å². The zero-order valence-corrected chi connectivity index (χ0v) is 10.4. The van der Waals surface area contributed by atoms with E-state index in [4.69, 9.17) is 5.73 Å². The summed E-state index contributed by atoms with van der Waals surface area (Å²) in [6.45, 7) is 1.87. The fourth-order valence-corrected chi connectivity index (χ4v) is 2.04. The van der Waals surface area contributed by atoms with E-state index in [-0.39, 0.29) is 5.91 Å². The molecule has 2 rings (SSSR count). The molecule has 1 unspecified atom stereocenters. The summed E-state index contributed by atoms with van der Waals surface area (Å²) in [4.78, 5) is 16.0. The molecule has 17 heavy (non-hydrogen) atoms. The third-order valence-electron chi connectivity index (χ3n) is 2.22. The van der Waals surface area contributed by atoms with E-state index in [0.29, 0.717) is 10.7 Å². The Morgan fingerprint density at radius 2 is 2.41 bits per heavy atom. The largest absolute Gasteiger partial charge is 0.316 e. The number of hydrogen-bond acceptors (Lipinski definition) is 5. The highest BCUT2D eigenvalue weighted by atomic mass is 32.1. The van der Waals surface area contributed by atoms with Crippen molar-refractivity contribution in [3.8, 4) is 0 Å². The minimum absolute atomic E-state index is 0.285. The fourth-order valence-electron chi connectivity index (χ4n) is 1.35. The Morgan fingerprint density at radius 3 is 2.94 bits per heavy atom. The van der Waals surface area contributed by atoms with E-state index in [0.717, 1.165) is 5.69 Å². The molecule has 0 saturated carbocycles. The van der Waals surface area contributed by atoms with Crippen LogP contribution in [0.3, 0.4) is 0 Å². The number of nitrogens with two attached hydrogens (primary N) is 1. The molecule has 3 N–H and O–H groups in total. The zero-order chi connectivity index (χ0) is 12.4. The topological polar surface area (TPSA) is 85.8 Å². The van der Waals surface area contributed by atoms with Crippen molar-refractivity contribution in [1.82, 2.24) is 14.8 Å². The van der Waals surface area contributed by atoms with Crippen LogP contribution in [-0.2, 0) is 11.8 Å². The summed E-state index contributed by atoms with van der Waals surface area (Å²) in [6, 6.07) is -0.729. The van der Waals surface area contributed by atoms with Crippen LogP contribution < -0.4 is 11.1 Å². The third kappa shape index (κ3) is 2.69. The summed E-state index contributed by atoms with van der Waals surface area (Å²) in [7, 11) is 1.78. The van der Waals surface area contributed by atoms with Gasteiger partial charge in [0, 0.05) is 24.2 Å². The first-order valence-electron chi connectivity index (χ1n) is 5.03. The summed E-state index contributed by atoms with van der Waals surface area (Å²) >= 11 is 1.38. The van der Waals surface area contributed by atoms with E-state index in [9.17, 15) is 4.79 Å². The van der Waals surface area contributed by atoms with Gasteiger partial charge in [-0.3, -0.25) is 9.48 Å². The summed E-state index contributed by atoms with van der Waals surface area (Å²) < 4.78 is 1.61. The molecule has 0 saturated heterocycles. The standard InChI is InChI=1S/C10H13N5OS/c1-6-5-17-10(13-6)14-9(16)8(11)7-3-12-15(2)4-7/h3-5,8H,11H2,1-2H3,(H,13,14,16). The molecule has 0 aliphatic rings. The van der Waals surface area contributed by atoms with Gasteiger partial charge in [-0.1, -0.05) is 0 Å². The van der Waals surface area contributed by atoms with Crippen LogP contribution >= 0.6 is 11.3 Å². The van der Waals surface area contributed by atoms with Crippen molar-refractivity contribution >= 4 is 22.4 Å². The number of aromatic nitrogens is 3. The van der Waals surface area contributed by atoms with E-state index in [2.05, 4.69) is 15.4 Å². The monoisotopic (exact) mass is 251 g/mol. The number of amides is 1. The number of hydrogen-bond donors (Lipinski definition) is 2. The molecule has 2 aromatic rings. The van der Waals surface area contributed by atoms with Gasteiger partial charge in [-0.2, -0.15) is 5.10 Å². The molecule has 0 bridgehead atoms. The minimum Gasteiger partial charge on any atom is -0.316 e. The first-order chi connectivity index (χ1) is 8.06. The molecular formula is C10H13N5OS. The second-order valence-electron chi connectivity index (χ2n) is 3.71. The SMILES string of the molecule is Cc1csc(NC(=O)C(N)c2cnn(C)c2)n1. The molecule has 0 fully saturated rings. The number of nitrogens with zero attached hydrogens (tertiary/aromatic N) is 3. The summed E-state index contributed by atoms with van der Waals surface area (Å²) in [5, 5.41) is 9.08. The highest BCUT2D eigenvalue weighted by Crippen LogP contribution is 2.17.